The smallest absolute Gasteiger partial charge is 0.410 e. The number of esters is 1. The van der Waals surface area contributed by atoms with Gasteiger partial charge in [0.2, 0.25) is 11.7 Å². The molecule has 0 radical (unpaired) electrons. The number of carbonyl (C=O) groups excluding carboxylic acids is 6. The number of piperidine rings is 1. The number of hydrogen-bond acceptors (Lipinski definition) is 29. The van der Waals surface area contributed by atoms with Crippen LogP contribution in [0.15, 0.2) is 94.7 Å². The van der Waals surface area contributed by atoms with Gasteiger partial charge >= 0.3 is 12.1 Å². The molecular weight excluding hydrogens is 1610 g/mol. The number of piperazine rings is 1. The van der Waals surface area contributed by atoms with Gasteiger partial charge in [0.25, 0.3) is 17.7 Å². The van der Waals surface area contributed by atoms with Crippen LogP contribution in [-0.4, -0.2) is 297 Å². The molecule has 0 spiro atoms. The number of allylic oxidation sites excluding steroid dienone is 6. The van der Waals surface area contributed by atoms with Gasteiger partial charge in [-0.2, -0.15) is 10.1 Å². The van der Waals surface area contributed by atoms with Gasteiger partial charge in [-0.15, -0.1) is 0 Å². The van der Waals surface area contributed by atoms with Gasteiger partial charge in [-0.3, -0.25) is 24.1 Å². The molecule has 2 aromatic carbocycles. The maximum Gasteiger partial charge on any atom is 0.410 e. The van der Waals surface area contributed by atoms with Crippen molar-refractivity contribution in [1.82, 2.24) is 44.3 Å². The van der Waals surface area contributed by atoms with Crippen LogP contribution in [0.2, 0.25) is 0 Å². The topological polar surface area (TPSA) is 414 Å². The van der Waals surface area contributed by atoms with Crippen molar-refractivity contribution in [1.29, 1.82) is 0 Å². The van der Waals surface area contributed by atoms with Gasteiger partial charge in [-0.25, -0.2) is 24.2 Å². The van der Waals surface area contributed by atoms with Crippen molar-refractivity contribution in [2.24, 2.45) is 35.3 Å². The number of anilines is 2. The Morgan fingerprint density at radius 3 is 2.10 bits per heavy atom. The second-order valence-electron chi connectivity index (χ2n) is 34.3. The first-order valence-corrected chi connectivity index (χ1v) is 44.7. The fourth-order valence-corrected chi connectivity index (χ4v) is 17.8. The number of hydrogen-bond donors (Lipinski definition) is 5. The monoisotopic (exact) mass is 1740 g/mol. The standard InChI is InChI=1S/C92H134N12O21/c1-59-15-11-10-12-16-61(3)77(113-7)55-70-24-19-64(6)92(112,125-70)85(108)88(109)103-30-14-13-17-73(103)89(110)122-74(25-18-60(2)50-63(5)83(107)84(115-9)82(106)62(4)49-59)71(93)52-65-21-26-76(78(53-65)114-8)124-91(111)101-34-32-100(33-35-101)36-38-117-40-42-119-44-46-121-48-47-120-45-43-118-41-39-116-37-29-79(105)102-31-28-67-51-66(20-22-69(67)57-102)56-104-87-80(86(94)96-58-97-87)81(99-104)68-23-27-75-72(54-68)98-90(95)123-75/h10-12,15-16,20,22-23,27,50-51,54,58-60,62,64-65,70-71,73-74,76-78,83-84,107,112H,13-14,17-19,21,24-26,28-49,52-53,55-57,93H2,1-9H3,(H2,95,98)(H2,94,96,97)/b12-10?,15-11+,61-16?,63-50+/t59-,60+,62-,64-,65+,70+,71-,73+,74+,76-,77+,78-,83-,84+,92-/m1/s1. The molecule has 1 saturated carbocycles. The van der Waals surface area contributed by atoms with Gasteiger partial charge in [0.1, 0.15) is 53.8 Å². The highest BCUT2D eigenvalue weighted by Gasteiger charge is 2.53. The van der Waals surface area contributed by atoms with E-state index in [4.69, 9.17) is 83.6 Å². The van der Waals surface area contributed by atoms with Crippen molar-refractivity contribution >= 4 is 69.4 Å². The SMILES string of the molecule is CO[C@H]1C[C@@H]2CC[C@@H](C)[C@@](O)(O2)C(=O)C(=O)N2CCCC[C@H]2C(=O)O[C@H]([C@H](N)C[C@@H]2CC[C@@H](OC(=O)N3CCN(CCOCCOCCOCCOCCOCCOCCC(=O)N4CCc5cc(Cn6nc(-c7ccc8oc(N)nc8c7)c7c(N)ncnc76)ccc5C4)CC3)[C@H](OC)C2)CC[C@H](C)/C=C(\C)[C@@H](O)[C@@H](OC)C(=O)[C@H](C)C[C@H](C)/C=C/C=CC=C1C. The van der Waals surface area contributed by atoms with Crippen LogP contribution in [0, 0.1) is 29.6 Å². The number of methoxy groups -OCH3 is 3. The molecule has 33 nitrogen and oxygen atoms in total. The molecule has 3 amide bonds. The third-order valence-electron chi connectivity index (χ3n) is 25.2. The number of fused-ring (bicyclic) bond motifs is 6. The van der Waals surface area contributed by atoms with Crippen molar-refractivity contribution in [2.45, 2.75) is 212 Å². The Morgan fingerprint density at radius 1 is 0.688 bits per heavy atom. The molecule has 4 fully saturated rings. The molecule has 33 heteroatoms. The lowest BCUT2D eigenvalue weighted by atomic mass is 9.80. The number of rotatable bonds is 31. The first-order chi connectivity index (χ1) is 60.3. The molecule has 8 heterocycles. The van der Waals surface area contributed by atoms with Crippen LogP contribution >= 0.6 is 0 Å². The average molecular weight is 1740 g/mol. The Morgan fingerprint density at radius 2 is 1.40 bits per heavy atom. The minimum Gasteiger partial charge on any atom is -0.459 e. The second-order valence-corrected chi connectivity index (χ2v) is 34.3. The quantitative estimate of drug-likeness (QED) is 0.0120. The van der Waals surface area contributed by atoms with Crippen molar-refractivity contribution in [3.05, 3.63) is 107 Å². The second kappa shape index (κ2) is 48.0. The number of amides is 3. The fraction of sp³-hybridized carbons (Fsp3) is 0.652. The normalized spacial score (nSPS) is 27.5. The van der Waals surface area contributed by atoms with E-state index in [1.54, 1.807) is 39.0 Å². The molecule has 3 aromatic heterocycles. The van der Waals surface area contributed by atoms with E-state index in [2.05, 4.69) is 38.1 Å². The van der Waals surface area contributed by atoms with E-state index in [-0.39, 0.29) is 54.8 Å². The molecule has 3 saturated heterocycles. The summed E-state index contributed by atoms with van der Waals surface area (Å²) in [6.07, 6.45) is 14.3. The lowest BCUT2D eigenvalue weighted by molar-refractivity contribution is -0.265. The van der Waals surface area contributed by atoms with Crippen molar-refractivity contribution in [2.75, 3.05) is 158 Å². The fourth-order valence-electron chi connectivity index (χ4n) is 17.8. The molecule has 0 unspecified atom stereocenters. The van der Waals surface area contributed by atoms with E-state index in [0.717, 1.165) is 28.7 Å². The highest BCUT2D eigenvalue weighted by Crippen LogP contribution is 2.39. The molecular formula is C92H134N12O21. The third-order valence-corrected chi connectivity index (χ3v) is 25.2. The zero-order valence-electron chi connectivity index (χ0n) is 74.5. The number of ether oxygens (including phenoxy) is 12. The summed E-state index contributed by atoms with van der Waals surface area (Å²) in [6, 6.07) is 10.1. The molecule has 6 aliphatic rings. The lowest BCUT2D eigenvalue weighted by Crippen LogP contribution is -2.61. The van der Waals surface area contributed by atoms with E-state index < -0.39 is 96.2 Å². The number of nitrogens with two attached hydrogens (primary N) is 3. The number of aliphatic hydroxyl groups excluding tert-OH is 1. The molecule has 8 N–H and O–H groups in total. The predicted molar refractivity (Wildman–Crippen MR) is 467 cm³/mol. The Hall–Kier alpha value is -8.52. The average Bonchev–Trinajstić information content (AvgIpc) is 1.62. The van der Waals surface area contributed by atoms with Gasteiger partial charge in [0.15, 0.2) is 17.0 Å². The maximum atomic E-state index is 14.8. The predicted octanol–water partition coefficient (Wildman–Crippen LogP) is 8.69. The van der Waals surface area contributed by atoms with Gasteiger partial charge in [-0.05, 0) is 161 Å². The Kier molecular flexibility index (Phi) is 37.3. The number of benzene rings is 2. The number of nitrogen functional groups attached to an aromatic ring is 2. The highest BCUT2D eigenvalue weighted by molar-refractivity contribution is 6.39. The molecule has 15 atom stereocenters. The van der Waals surface area contributed by atoms with E-state index in [9.17, 15) is 39.0 Å². The molecule has 5 aromatic rings. The number of nitrogens with zero attached hydrogens (tertiary/aromatic N) is 9. The van der Waals surface area contributed by atoms with Crippen LogP contribution in [0.5, 0.6) is 0 Å². The molecule has 5 aliphatic heterocycles. The largest absolute Gasteiger partial charge is 0.459 e. The number of carbonyl (C=O) groups is 6. The zero-order chi connectivity index (χ0) is 89.1. The van der Waals surface area contributed by atoms with Crippen molar-refractivity contribution < 1.29 is 100 Å². The number of aliphatic hydroxyl groups is 2. The van der Waals surface area contributed by atoms with Crippen molar-refractivity contribution in [3.63, 3.8) is 0 Å². The van der Waals surface area contributed by atoms with Gasteiger partial charge < -0.3 is 103 Å². The maximum absolute atomic E-state index is 14.8. The van der Waals surface area contributed by atoms with Gasteiger partial charge in [0.05, 0.1) is 116 Å². The van der Waals surface area contributed by atoms with Gasteiger partial charge in [0, 0.05) is 104 Å². The Labute approximate surface area is 733 Å². The summed E-state index contributed by atoms with van der Waals surface area (Å²) in [6.45, 7) is 20.8. The number of oxazole rings is 1. The lowest BCUT2D eigenvalue weighted by Gasteiger charge is -2.42. The van der Waals surface area contributed by atoms with E-state index in [1.165, 1.54) is 23.9 Å². The van der Waals surface area contributed by atoms with Crippen LogP contribution < -0.4 is 17.2 Å². The number of aromatic nitrogens is 5. The zero-order valence-corrected chi connectivity index (χ0v) is 74.5. The summed E-state index contributed by atoms with van der Waals surface area (Å²) in [4.78, 5) is 105. The first-order valence-electron chi connectivity index (χ1n) is 44.7. The van der Waals surface area contributed by atoms with E-state index in [1.807, 2.05) is 85.9 Å². The summed E-state index contributed by atoms with van der Waals surface area (Å²) in [5.74, 6) is -6.49. The summed E-state index contributed by atoms with van der Waals surface area (Å²) in [7, 11) is 4.61. The summed E-state index contributed by atoms with van der Waals surface area (Å²) in [5.41, 5.74) is 27.3. The summed E-state index contributed by atoms with van der Waals surface area (Å²) < 4.78 is 78.1. The molecule has 688 valence electrons. The van der Waals surface area contributed by atoms with Crippen LogP contribution in [0.3, 0.4) is 0 Å². The minimum atomic E-state index is -2.45. The molecule has 2 bridgehead atoms. The number of Topliss-reactive ketones (excluding diaryl/α,β-unsaturated/α-hetero) is 2. The molecule has 11 rings (SSSR count). The number of cyclic esters (lactones) is 1. The van der Waals surface area contributed by atoms with E-state index >= 15 is 0 Å². The van der Waals surface area contributed by atoms with Crippen LogP contribution in [0.4, 0.5) is 16.6 Å². The van der Waals surface area contributed by atoms with Crippen LogP contribution in [-0.2, 0) is 100 Å². The first kappa shape index (κ1) is 97.1. The van der Waals surface area contributed by atoms with E-state index in [0.29, 0.717) is 248 Å². The van der Waals surface area contributed by atoms with Crippen molar-refractivity contribution in [3.8, 4) is 11.3 Å². The summed E-state index contributed by atoms with van der Waals surface area (Å²) in [5, 5.41) is 29.4. The summed E-state index contributed by atoms with van der Waals surface area (Å²) >= 11 is 0. The van der Waals surface area contributed by atoms with Crippen LogP contribution in [0.1, 0.15) is 148 Å². The van der Waals surface area contributed by atoms with Gasteiger partial charge in [-0.1, -0.05) is 82.4 Å². The minimum absolute atomic E-state index is 0.00944. The highest BCUT2D eigenvalue weighted by atomic mass is 16.6. The molecule has 125 heavy (non-hydrogen) atoms. The number of ketones is 2. The third kappa shape index (κ3) is 27.0. The Balaban J connectivity index is 0.538. The molecule has 1 aliphatic carbocycles. The Bertz CT molecular complexity index is 4470. The van der Waals surface area contributed by atoms with Crippen LogP contribution in [0.25, 0.3) is 33.4 Å².